The lowest BCUT2D eigenvalue weighted by molar-refractivity contribution is 0.0950. The predicted octanol–water partition coefficient (Wildman–Crippen LogP) is 3.90. The minimum Gasteiger partial charge on any atom is -0.497 e. The van der Waals surface area contributed by atoms with Gasteiger partial charge in [0.25, 0.3) is 5.91 Å². The molecule has 0 aliphatic carbocycles. The van der Waals surface area contributed by atoms with Gasteiger partial charge in [-0.1, -0.05) is 36.4 Å². The summed E-state index contributed by atoms with van der Waals surface area (Å²) in [4.78, 5) is 12.2. The second-order valence-electron chi connectivity index (χ2n) is 5.89. The maximum Gasteiger partial charge on any atom is 0.289 e. The largest absolute Gasteiger partial charge is 0.497 e. The van der Waals surface area contributed by atoms with Crippen LogP contribution in [0.4, 0.5) is 0 Å². The van der Waals surface area contributed by atoms with Crippen molar-refractivity contribution < 1.29 is 9.53 Å². The number of allylic oxidation sites excluding steroid dienone is 1. The number of hydrogen-bond acceptors (Lipinski definition) is 4. The first-order valence-electron chi connectivity index (χ1n) is 8.42. The normalized spacial score (nSPS) is 11.6. The summed E-state index contributed by atoms with van der Waals surface area (Å²) in [6.45, 7) is 1.92. The molecule has 136 valence electrons. The highest BCUT2D eigenvalue weighted by Crippen LogP contribution is 2.21. The molecule has 2 aromatic carbocycles. The quantitative estimate of drug-likeness (QED) is 0.517. The van der Waals surface area contributed by atoms with Crippen LogP contribution in [-0.2, 0) is 0 Å². The average Bonchev–Trinajstić information content (AvgIpc) is 3.19. The van der Waals surface area contributed by atoms with Crippen LogP contribution in [0.15, 0.2) is 71.3 Å². The second-order valence-corrected chi connectivity index (χ2v) is 5.89. The Kier molecular flexibility index (Phi) is 5.79. The standard InChI is InChI=1S/C21H20N4O2/c1-15(12-16-6-4-3-5-7-16)14-22-25-21(26)20-13-19(23-24-20)17-8-10-18(27-2)11-9-17/h3-14H,1-2H3,(H,23,24)(H,25,26)/b15-12+,22-14-. The van der Waals surface area contributed by atoms with Crippen LogP contribution in [0.1, 0.15) is 23.0 Å². The van der Waals surface area contributed by atoms with Gasteiger partial charge in [-0.2, -0.15) is 10.2 Å². The molecule has 1 aromatic heterocycles. The van der Waals surface area contributed by atoms with E-state index in [9.17, 15) is 4.79 Å². The third kappa shape index (κ3) is 4.92. The first kappa shape index (κ1) is 18.1. The van der Waals surface area contributed by atoms with Crippen molar-refractivity contribution in [3.05, 3.63) is 77.5 Å². The highest BCUT2D eigenvalue weighted by Gasteiger charge is 2.10. The van der Waals surface area contributed by atoms with E-state index in [4.69, 9.17) is 4.74 Å². The lowest BCUT2D eigenvalue weighted by atomic mass is 10.1. The zero-order valence-electron chi connectivity index (χ0n) is 15.1. The Bertz CT molecular complexity index is 957. The maximum absolute atomic E-state index is 12.2. The first-order chi connectivity index (χ1) is 13.2. The lowest BCUT2D eigenvalue weighted by Crippen LogP contribution is -2.17. The van der Waals surface area contributed by atoms with E-state index >= 15 is 0 Å². The number of benzene rings is 2. The van der Waals surface area contributed by atoms with Gasteiger partial charge < -0.3 is 4.74 Å². The van der Waals surface area contributed by atoms with Gasteiger partial charge in [0.1, 0.15) is 11.4 Å². The van der Waals surface area contributed by atoms with Gasteiger partial charge in [-0.25, -0.2) is 5.43 Å². The van der Waals surface area contributed by atoms with Gasteiger partial charge in [-0.05, 0) is 48.4 Å². The fraction of sp³-hybridized carbons (Fsp3) is 0.0952. The average molecular weight is 360 g/mol. The number of rotatable bonds is 6. The van der Waals surface area contributed by atoms with Gasteiger partial charge in [0.2, 0.25) is 0 Å². The van der Waals surface area contributed by atoms with Crippen LogP contribution in [-0.4, -0.2) is 29.4 Å². The zero-order valence-corrected chi connectivity index (χ0v) is 15.1. The maximum atomic E-state index is 12.2. The van der Waals surface area contributed by atoms with Crippen molar-refractivity contribution in [2.24, 2.45) is 5.10 Å². The van der Waals surface area contributed by atoms with E-state index in [1.165, 1.54) is 0 Å². The van der Waals surface area contributed by atoms with Crippen molar-refractivity contribution in [3.8, 4) is 17.0 Å². The molecule has 6 nitrogen and oxygen atoms in total. The second kappa shape index (κ2) is 8.62. The van der Waals surface area contributed by atoms with E-state index in [1.54, 1.807) is 19.4 Å². The highest BCUT2D eigenvalue weighted by atomic mass is 16.5. The fourth-order valence-electron chi connectivity index (χ4n) is 2.45. The molecule has 0 radical (unpaired) electrons. The summed E-state index contributed by atoms with van der Waals surface area (Å²) in [7, 11) is 1.61. The zero-order chi connectivity index (χ0) is 19.1. The molecule has 27 heavy (non-hydrogen) atoms. The van der Waals surface area contributed by atoms with Gasteiger partial charge in [0, 0.05) is 5.56 Å². The van der Waals surface area contributed by atoms with Crippen LogP contribution in [0.3, 0.4) is 0 Å². The molecule has 0 unspecified atom stereocenters. The Hall–Kier alpha value is -3.67. The molecule has 2 N–H and O–H groups in total. The van der Waals surface area contributed by atoms with E-state index < -0.39 is 0 Å². The molecule has 3 aromatic rings. The summed E-state index contributed by atoms with van der Waals surface area (Å²) in [5.74, 6) is 0.409. The number of hydrazone groups is 1. The van der Waals surface area contributed by atoms with Crippen LogP contribution < -0.4 is 10.2 Å². The van der Waals surface area contributed by atoms with Crippen LogP contribution in [0.2, 0.25) is 0 Å². The summed E-state index contributed by atoms with van der Waals surface area (Å²) in [6.07, 6.45) is 3.58. The van der Waals surface area contributed by atoms with E-state index in [0.29, 0.717) is 11.4 Å². The number of H-pyrrole nitrogens is 1. The third-order valence-corrected chi connectivity index (χ3v) is 3.84. The molecule has 0 aliphatic heterocycles. The van der Waals surface area contributed by atoms with Crippen LogP contribution in [0, 0.1) is 0 Å². The van der Waals surface area contributed by atoms with Crippen molar-refractivity contribution in [2.45, 2.75) is 6.92 Å². The summed E-state index contributed by atoms with van der Waals surface area (Å²) in [6, 6.07) is 19.0. The van der Waals surface area contributed by atoms with Crippen molar-refractivity contribution in [1.29, 1.82) is 0 Å². The number of hydrogen-bond donors (Lipinski definition) is 2. The monoisotopic (exact) mass is 360 g/mol. The van der Waals surface area contributed by atoms with Crippen LogP contribution in [0.25, 0.3) is 17.3 Å². The van der Waals surface area contributed by atoms with E-state index in [0.717, 1.165) is 22.4 Å². The van der Waals surface area contributed by atoms with E-state index in [-0.39, 0.29) is 5.91 Å². The molecule has 0 saturated carbocycles. The Labute approximate surface area is 157 Å². The number of ether oxygens (including phenoxy) is 1. The molecule has 0 aliphatic rings. The number of amides is 1. The molecule has 0 bridgehead atoms. The predicted molar refractivity (Wildman–Crippen MR) is 107 cm³/mol. The minimum absolute atomic E-state index is 0.336. The Balaban J connectivity index is 1.61. The molecular weight excluding hydrogens is 340 g/mol. The number of carbonyl (C=O) groups excluding carboxylic acids is 1. The number of nitrogens with one attached hydrogen (secondary N) is 2. The Morgan fingerprint density at radius 1 is 1.15 bits per heavy atom. The molecule has 3 rings (SSSR count). The third-order valence-electron chi connectivity index (χ3n) is 3.84. The van der Waals surface area contributed by atoms with Crippen molar-refractivity contribution >= 4 is 18.2 Å². The molecule has 6 heteroatoms. The molecule has 0 spiro atoms. The van der Waals surface area contributed by atoms with E-state index in [2.05, 4.69) is 20.7 Å². The van der Waals surface area contributed by atoms with Crippen molar-refractivity contribution in [3.63, 3.8) is 0 Å². The molecule has 1 heterocycles. The highest BCUT2D eigenvalue weighted by molar-refractivity contribution is 5.94. The van der Waals surface area contributed by atoms with Gasteiger partial charge in [-0.15, -0.1) is 0 Å². The number of nitrogens with zero attached hydrogens (tertiary/aromatic N) is 2. The van der Waals surface area contributed by atoms with Crippen LogP contribution in [0.5, 0.6) is 5.75 Å². The summed E-state index contributed by atoms with van der Waals surface area (Å²) >= 11 is 0. The SMILES string of the molecule is COc1ccc(-c2cc(C(=O)N/N=C\C(C)=C\c3ccccc3)[nH]n2)cc1. The van der Waals surface area contributed by atoms with Gasteiger partial charge in [0.05, 0.1) is 19.0 Å². The fourth-order valence-corrected chi connectivity index (χ4v) is 2.45. The van der Waals surface area contributed by atoms with Gasteiger partial charge in [-0.3, -0.25) is 9.89 Å². The Morgan fingerprint density at radius 2 is 1.89 bits per heavy atom. The first-order valence-corrected chi connectivity index (χ1v) is 8.42. The number of methoxy groups -OCH3 is 1. The Morgan fingerprint density at radius 3 is 2.59 bits per heavy atom. The smallest absolute Gasteiger partial charge is 0.289 e. The molecule has 0 atom stereocenters. The topological polar surface area (TPSA) is 79.4 Å². The van der Waals surface area contributed by atoms with Crippen molar-refractivity contribution in [2.75, 3.05) is 7.11 Å². The van der Waals surface area contributed by atoms with E-state index in [1.807, 2.05) is 67.6 Å². The number of aromatic nitrogens is 2. The number of aromatic amines is 1. The molecule has 0 fully saturated rings. The van der Waals surface area contributed by atoms with Gasteiger partial charge in [0.15, 0.2) is 0 Å². The van der Waals surface area contributed by atoms with Crippen molar-refractivity contribution in [1.82, 2.24) is 15.6 Å². The number of carbonyl (C=O) groups is 1. The molecule has 1 amide bonds. The summed E-state index contributed by atoms with van der Waals surface area (Å²) in [5, 5.41) is 10.9. The minimum atomic E-state index is -0.356. The van der Waals surface area contributed by atoms with Crippen LogP contribution >= 0.6 is 0 Å². The summed E-state index contributed by atoms with van der Waals surface area (Å²) < 4.78 is 5.14. The van der Waals surface area contributed by atoms with Gasteiger partial charge >= 0.3 is 0 Å². The molecule has 0 saturated heterocycles. The summed E-state index contributed by atoms with van der Waals surface area (Å²) in [5.41, 5.74) is 6.39. The lowest BCUT2D eigenvalue weighted by Gasteiger charge is -2.00. The molecular formula is C21H20N4O2.